The summed E-state index contributed by atoms with van der Waals surface area (Å²) in [6.45, 7) is 3.81. The third-order valence-corrected chi connectivity index (χ3v) is 3.16. The minimum atomic E-state index is -0.790. The van der Waals surface area contributed by atoms with Crippen molar-refractivity contribution in [3.05, 3.63) is 59.0 Å². The highest BCUT2D eigenvalue weighted by Gasteiger charge is 2.17. The van der Waals surface area contributed by atoms with Crippen molar-refractivity contribution >= 4 is 11.7 Å². The van der Waals surface area contributed by atoms with Gasteiger partial charge in [-0.2, -0.15) is 0 Å². The number of halogens is 1. The molecule has 0 radical (unpaired) electrons. The molecule has 104 valence electrons. The lowest BCUT2D eigenvalue weighted by Crippen LogP contribution is -2.28. The minimum absolute atomic E-state index is 0.0991. The Bertz CT molecular complexity index is 643. The van der Waals surface area contributed by atoms with Crippen LogP contribution in [0.5, 0.6) is 0 Å². The second kappa shape index (κ2) is 5.69. The van der Waals surface area contributed by atoms with Crippen LogP contribution < -0.4 is 11.1 Å². The first-order valence-corrected chi connectivity index (χ1v) is 6.27. The first kappa shape index (κ1) is 14.0. The number of carbonyl (C=O) groups is 1. The maximum Gasteiger partial charge on any atom is 0.254 e. The molecule has 0 aliphatic carbocycles. The predicted molar refractivity (Wildman–Crippen MR) is 75.7 cm³/mol. The maximum absolute atomic E-state index is 13.7. The Morgan fingerprint density at radius 1 is 1.35 bits per heavy atom. The Hall–Kier alpha value is -2.43. The van der Waals surface area contributed by atoms with E-state index in [1.54, 1.807) is 0 Å². The molecule has 3 N–H and O–H groups in total. The Morgan fingerprint density at radius 3 is 2.75 bits per heavy atom. The van der Waals surface area contributed by atoms with Gasteiger partial charge in [-0.15, -0.1) is 0 Å². The van der Waals surface area contributed by atoms with E-state index in [4.69, 9.17) is 5.73 Å². The molecule has 0 spiro atoms. The number of nitrogens with one attached hydrogen (secondary N) is 1. The van der Waals surface area contributed by atoms with Crippen LogP contribution in [0.25, 0.3) is 0 Å². The number of hydrogen-bond donors (Lipinski definition) is 2. The molecule has 2 aromatic rings. The van der Waals surface area contributed by atoms with E-state index in [1.165, 1.54) is 12.3 Å². The smallest absolute Gasteiger partial charge is 0.254 e. The van der Waals surface area contributed by atoms with Gasteiger partial charge < -0.3 is 11.1 Å². The minimum Gasteiger partial charge on any atom is -0.381 e. The van der Waals surface area contributed by atoms with Gasteiger partial charge in [0.15, 0.2) is 11.6 Å². The summed E-state index contributed by atoms with van der Waals surface area (Å²) in [4.78, 5) is 15.7. The van der Waals surface area contributed by atoms with Gasteiger partial charge in [0.1, 0.15) is 0 Å². The number of pyridine rings is 1. The van der Waals surface area contributed by atoms with Crippen molar-refractivity contribution in [2.45, 2.75) is 19.9 Å². The molecule has 1 unspecified atom stereocenters. The second-order valence-corrected chi connectivity index (χ2v) is 4.61. The summed E-state index contributed by atoms with van der Waals surface area (Å²) in [6, 6.07) is 8.80. The Morgan fingerprint density at radius 2 is 2.05 bits per heavy atom. The number of nitrogens with two attached hydrogens (primary N) is 1. The number of amides is 1. The number of anilines is 1. The first-order valence-electron chi connectivity index (χ1n) is 6.27. The van der Waals surface area contributed by atoms with Crippen LogP contribution in [-0.4, -0.2) is 10.9 Å². The van der Waals surface area contributed by atoms with E-state index in [2.05, 4.69) is 10.3 Å². The van der Waals surface area contributed by atoms with Gasteiger partial charge in [0.25, 0.3) is 5.91 Å². The van der Waals surface area contributed by atoms with Crippen molar-refractivity contribution < 1.29 is 9.18 Å². The second-order valence-electron chi connectivity index (χ2n) is 4.61. The Labute approximate surface area is 116 Å². The van der Waals surface area contributed by atoms with Crippen molar-refractivity contribution in [1.29, 1.82) is 0 Å². The van der Waals surface area contributed by atoms with Gasteiger partial charge in [-0.1, -0.05) is 24.3 Å². The maximum atomic E-state index is 13.7. The van der Waals surface area contributed by atoms with Crippen molar-refractivity contribution in [2.24, 2.45) is 0 Å². The molecule has 2 rings (SSSR count). The fraction of sp³-hybridized carbons (Fsp3) is 0.200. The van der Waals surface area contributed by atoms with Crippen LogP contribution in [0.1, 0.15) is 34.5 Å². The molecule has 1 heterocycles. The lowest BCUT2D eigenvalue weighted by Gasteiger charge is -2.16. The Balaban J connectivity index is 2.20. The van der Waals surface area contributed by atoms with Gasteiger partial charge in [-0.05, 0) is 31.0 Å². The molecule has 0 aliphatic rings. The molecular weight excluding hydrogens is 257 g/mol. The number of rotatable bonds is 3. The molecule has 1 aromatic carbocycles. The normalized spacial score (nSPS) is 11.9. The largest absolute Gasteiger partial charge is 0.381 e. The average molecular weight is 273 g/mol. The van der Waals surface area contributed by atoms with E-state index in [-0.39, 0.29) is 17.4 Å². The summed E-state index contributed by atoms with van der Waals surface area (Å²) in [7, 11) is 0. The molecule has 0 fully saturated rings. The van der Waals surface area contributed by atoms with Crippen molar-refractivity contribution in [3.8, 4) is 0 Å². The van der Waals surface area contributed by atoms with E-state index in [0.29, 0.717) is 0 Å². The standard InChI is InChI=1S/C15H16FN3O/c1-9-5-3-4-6-11(9)10(2)19-15(20)12-7-8-18-14(17)13(12)16/h3-8,10H,1-2H3,(H2,17,18)(H,19,20). The van der Waals surface area contributed by atoms with E-state index in [1.807, 2.05) is 38.1 Å². The van der Waals surface area contributed by atoms with Crippen molar-refractivity contribution in [1.82, 2.24) is 10.3 Å². The third-order valence-electron chi connectivity index (χ3n) is 3.16. The number of hydrogen-bond acceptors (Lipinski definition) is 3. The topological polar surface area (TPSA) is 68.0 Å². The number of nitrogens with zero attached hydrogens (tertiary/aromatic N) is 1. The molecule has 5 heteroatoms. The molecule has 4 nitrogen and oxygen atoms in total. The quantitative estimate of drug-likeness (QED) is 0.903. The molecular formula is C15H16FN3O. The van der Waals surface area contributed by atoms with Crippen molar-refractivity contribution in [2.75, 3.05) is 5.73 Å². The molecule has 0 aliphatic heterocycles. The SMILES string of the molecule is Cc1ccccc1C(C)NC(=O)c1ccnc(N)c1F. The molecule has 0 bridgehead atoms. The van der Waals surface area contributed by atoms with Crippen LogP contribution in [0.4, 0.5) is 10.2 Å². The van der Waals surface area contributed by atoms with E-state index in [9.17, 15) is 9.18 Å². The zero-order valence-electron chi connectivity index (χ0n) is 11.4. The molecule has 1 atom stereocenters. The van der Waals surface area contributed by atoms with E-state index in [0.717, 1.165) is 11.1 Å². The fourth-order valence-corrected chi connectivity index (χ4v) is 2.06. The average Bonchev–Trinajstić information content (AvgIpc) is 2.42. The number of carbonyl (C=O) groups excluding carboxylic acids is 1. The lowest BCUT2D eigenvalue weighted by atomic mass is 10.0. The number of aromatic nitrogens is 1. The fourth-order valence-electron chi connectivity index (χ4n) is 2.06. The highest BCUT2D eigenvalue weighted by Crippen LogP contribution is 2.18. The van der Waals surface area contributed by atoms with E-state index >= 15 is 0 Å². The van der Waals surface area contributed by atoms with Crippen LogP contribution in [0.2, 0.25) is 0 Å². The summed E-state index contributed by atoms with van der Waals surface area (Å²) in [5, 5.41) is 2.76. The van der Waals surface area contributed by atoms with Crippen LogP contribution >= 0.6 is 0 Å². The number of benzene rings is 1. The Kier molecular flexibility index (Phi) is 3.98. The first-order chi connectivity index (χ1) is 9.50. The number of nitrogen functional groups attached to an aromatic ring is 1. The van der Waals surface area contributed by atoms with Gasteiger partial charge in [-0.3, -0.25) is 4.79 Å². The molecule has 1 amide bonds. The molecule has 0 saturated carbocycles. The zero-order valence-corrected chi connectivity index (χ0v) is 11.4. The van der Waals surface area contributed by atoms with Gasteiger partial charge in [-0.25, -0.2) is 9.37 Å². The monoisotopic (exact) mass is 273 g/mol. The highest BCUT2D eigenvalue weighted by molar-refractivity contribution is 5.95. The third kappa shape index (κ3) is 2.77. The van der Waals surface area contributed by atoms with Gasteiger partial charge in [0, 0.05) is 6.20 Å². The zero-order chi connectivity index (χ0) is 14.7. The summed E-state index contributed by atoms with van der Waals surface area (Å²) in [5.41, 5.74) is 7.31. The summed E-state index contributed by atoms with van der Waals surface area (Å²) in [6.07, 6.45) is 1.31. The van der Waals surface area contributed by atoms with Crippen molar-refractivity contribution in [3.63, 3.8) is 0 Å². The lowest BCUT2D eigenvalue weighted by molar-refractivity contribution is 0.0935. The van der Waals surface area contributed by atoms with E-state index < -0.39 is 11.7 Å². The highest BCUT2D eigenvalue weighted by atomic mass is 19.1. The van der Waals surface area contributed by atoms with Gasteiger partial charge >= 0.3 is 0 Å². The van der Waals surface area contributed by atoms with Crippen LogP contribution in [-0.2, 0) is 0 Å². The van der Waals surface area contributed by atoms with Crippen LogP contribution in [0, 0.1) is 12.7 Å². The van der Waals surface area contributed by atoms with Crippen LogP contribution in [0.3, 0.4) is 0 Å². The molecule has 0 saturated heterocycles. The predicted octanol–water partition coefficient (Wildman–Crippen LogP) is 2.60. The van der Waals surface area contributed by atoms with Crippen LogP contribution in [0.15, 0.2) is 36.5 Å². The summed E-state index contributed by atoms with van der Waals surface area (Å²) in [5.74, 6) is -1.57. The molecule has 20 heavy (non-hydrogen) atoms. The molecule has 1 aromatic heterocycles. The summed E-state index contributed by atoms with van der Waals surface area (Å²) >= 11 is 0. The summed E-state index contributed by atoms with van der Waals surface area (Å²) < 4.78 is 13.7. The number of aryl methyl sites for hydroxylation is 1. The van der Waals surface area contributed by atoms with Gasteiger partial charge in [0.2, 0.25) is 0 Å². The van der Waals surface area contributed by atoms with Gasteiger partial charge in [0.05, 0.1) is 11.6 Å².